The van der Waals surface area contributed by atoms with Crippen LogP contribution in [0.4, 0.5) is 11.4 Å². The Labute approximate surface area is 185 Å². The van der Waals surface area contributed by atoms with E-state index in [1.807, 2.05) is 55.5 Å². The summed E-state index contributed by atoms with van der Waals surface area (Å²) in [5.74, 6) is -0.281. The number of hydrogen-bond acceptors (Lipinski definition) is 4. The Morgan fingerprint density at radius 3 is 2.35 bits per heavy atom. The van der Waals surface area contributed by atoms with Gasteiger partial charge in [-0.15, -0.1) is 0 Å². The number of aryl methyl sites for hydroxylation is 1. The van der Waals surface area contributed by atoms with Crippen molar-refractivity contribution in [1.82, 2.24) is 0 Å². The Morgan fingerprint density at radius 1 is 0.903 bits per heavy atom. The first-order chi connectivity index (χ1) is 14.9. The maximum atomic E-state index is 13.6. The molecule has 1 N–H and O–H groups in total. The number of ether oxygens (including phenoxy) is 1. The van der Waals surface area contributed by atoms with E-state index in [2.05, 4.69) is 5.32 Å². The summed E-state index contributed by atoms with van der Waals surface area (Å²) in [6.45, 7) is 3.73. The first-order valence-corrected chi connectivity index (χ1v) is 10.2. The summed E-state index contributed by atoms with van der Waals surface area (Å²) in [5.41, 5.74) is 3.86. The number of halogens is 1. The number of carbonyl (C=O) groups is 2. The van der Waals surface area contributed by atoms with Gasteiger partial charge < -0.3 is 10.1 Å². The second kappa shape index (κ2) is 8.28. The molecule has 3 aromatic carbocycles. The van der Waals surface area contributed by atoms with E-state index in [1.54, 1.807) is 32.2 Å². The van der Waals surface area contributed by atoms with Gasteiger partial charge in [0.05, 0.1) is 24.1 Å². The van der Waals surface area contributed by atoms with Gasteiger partial charge in [0.2, 0.25) is 0 Å². The van der Waals surface area contributed by atoms with Gasteiger partial charge in [0.1, 0.15) is 11.4 Å². The van der Waals surface area contributed by atoms with E-state index in [9.17, 15) is 9.59 Å². The van der Waals surface area contributed by atoms with Crippen molar-refractivity contribution in [1.29, 1.82) is 0 Å². The number of methoxy groups -OCH3 is 1. The van der Waals surface area contributed by atoms with Gasteiger partial charge in [-0.3, -0.25) is 9.59 Å². The van der Waals surface area contributed by atoms with Gasteiger partial charge in [0, 0.05) is 5.02 Å². The molecule has 31 heavy (non-hydrogen) atoms. The molecule has 1 aliphatic rings. The predicted molar refractivity (Wildman–Crippen MR) is 123 cm³/mol. The Bertz CT molecular complexity index is 1220. The Kier molecular flexibility index (Phi) is 5.53. The zero-order valence-electron chi connectivity index (χ0n) is 17.4. The van der Waals surface area contributed by atoms with Gasteiger partial charge in [-0.25, -0.2) is 4.90 Å². The first-order valence-electron chi connectivity index (χ1n) is 9.77. The van der Waals surface area contributed by atoms with Gasteiger partial charge in [-0.05, 0) is 54.8 Å². The summed E-state index contributed by atoms with van der Waals surface area (Å²) in [7, 11) is 1.56. The molecular formula is C25H21ClN2O3. The quantitative estimate of drug-likeness (QED) is 0.551. The van der Waals surface area contributed by atoms with E-state index < -0.39 is 11.8 Å². The monoisotopic (exact) mass is 432 g/mol. The van der Waals surface area contributed by atoms with E-state index in [1.165, 1.54) is 4.90 Å². The van der Waals surface area contributed by atoms with Crippen LogP contribution in [0.3, 0.4) is 0 Å². The Morgan fingerprint density at radius 2 is 1.65 bits per heavy atom. The van der Waals surface area contributed by atoms with Crippen molar-refractivity contribution >= 4 is 40.4 Å². The molecule has 0 unspecified atom stereocenters. The van der Waals surface area contributed by atoms with E-state index in [0.29, 0.717) is 38.8 Å². The average Bonchev–Trinajstić information content (AvgIpc) is 3.00. The van der Waals surface area contributed by atoms with Gasteiger partial charge in [0.15, 0.2) is 0 Å². The molecule has 2 amide bonds. The lowest BCUT2D eigenvalue weighted by atomic mass is 10.0. The van der Waals surface area contributed by atoms with E-state index in [-0.39, 0.29) is 5.70 Å². The number of nitrogens with zero attached hydrogens (tertiary/aromatic N) is 1. The molecule has 0 atom stereocenters. The standard InChI is InChI=1S/C25H21ClN2O3/c1-15-12-13-21(31-3)19(14-15)27-23-22(17-8-5-4-6-9-17)24(29)28(25(23)30)20-11-7-10-18(26)16(20)2/h4-14,27H,1-3H3. The molecule has 6 heteroatoms. The predicted octanol–water partition coefficient (Wildman–Crippen LogP) is 5.36. The largest absolute Gasteiger partial charge is 0.495 e. The van der Waals surface area contributed by atoms with E-state index in [4.69, 9.17) is 16.3 Å². The summed E-state index contributed by atoms with van der Waals surface area (Å²) >= 11 is 6.27. The molecule has 1 heterocycles. The molecule has 0 saturated heterocycles. The molecule has 1 aliphatic heterocycles. The second-order valence-corrected chi connectivity index (χ2v) is 7.68. The fourth-order valence-corrected chi connectivity index (χ4v) is 3.80. The lowest BCUT2D eigenvalue weighted by molar-refractivity contribution is -0.120. The van der Waals surface area contributed by atoms with Crippen LogP contribution in [0.2, 0.25) is 5.02 Å². The molecule has 0 aromatic heterocycles. The number of hydrogen-bond donors (Lipinski definition) is 1. The zero-order valence-corrected chi connectivity index (χ0v) is 18.2. The van der Waals surface area contributed by atoms with Crippen molar-refractivity contribution in [3.8, 4) is 5.75 Å². The number of amides is 2. The van der Waals surface area contributed by atoms with Crippen LogP contribution in [0.1, 0.15) is 16.7 Å². The SMILES string of the molecule is COc1ccc(C)cc1NC1=C(c2ccccc2)C(=O)N(c2cccc(Cl)c2C)C1=O. The van der Waals surface area contributed by atoms with Crippen LogP contribution in [0, 0.1) is 13.8 Å². The zero-order chi connectivity index (χ0) is 22.1. The third-order valence-corrected chi connectivity index (χ3v) is 5.65. The van der Waals surface area contributed by atoms with Gasteiger partial charge in [0.25, 0.3) is 11.8 Å². The fourth-order valence-electron chi connectivity index (χ4n) is 3.63. The van der Waals surface area contributed by atoms with Crippen LogP contribution in [-0.2, 0) is 9.59 Å². The van der Waals surface area contributed by atoms with Gasteiger partial charge >= 0.3 is 0 Å². The molecule has 0 spiro atoms. The minimum absolute atomic E-state index is 0.194. The summed E-state index contributed by atoms with van der Waals surface area (Å²) in [4.78, 5) is 28.3. The number of anilines is 2. The average molecular weight is 433 g/mol. The van der Waals surface area contributed by atoms with Gasteiger partial charge in [-0.2, -0.15) is 0 Å². The molecule has 5 nitrogen and oxygen atoms in total. The minimum atomic E-state index is -0.447. The first kappa shape index (κ1) is 20.7. The topological polar surface area (TPSA) is 58.6 Å². The molecule has 3 aromatic rings. The fraction of sp³-hybridized carbons (Fsp3) is 0.120. The Hall–Kier alpha value is -3.57. The van der Waals surface area contributed by atoms with Crippen molar-refractivity contribution in [2.45, 2.75) is 13.8 Å². The molecule has 0 aliphatic carbocycles. The number of carbonyl (C=O) groups excluding carboxylic acids is 2. The van der Waals surface area contributed by atoms with Crippen LogP contribution in [-0.4, -0.2) is 18.9 Å². The number of rotatable bonds is 5. The van der Waals surface area contributed by atoms with Crippen molar-refractivity contribution in [2.24, 2.45) is 0 Å². The maximum absolute atomic E-state index is 13.6. The molecule has 0 saturated carbocycles. The highest BCUT2D eigenvalue weighted by atomic mass is 35.5. The van der Waals surface area contributed by atoms with E-state index >= 15 is 0 Å². The van der Waals surface area contributed by atoms with Crippen molar-refractivity contribution in [2.75, 3.05) is 17.3 Å². The normalized spacial score (nSPS) is 13.7. The molecule has 0 fully saturated rings. The summed E-state index contributed by atoms with van der Waals surface area (Å²) in [6.07, 6.45) is 0. The van der Waals surface area contributed by atoms with Crippen LogP contribution in [0.25, 0.3) is 5.57 Å². The van der Waals surface area contributed by atoms with Crippen LogP contribution in [0.15, 0.2) is 72.4 Å². The minimum Gasteiger partial charge on any atom is -0.495 e. The van der Waals surface area contributed by atoms with Crippen molar-refractivity contribution < 1.29 is 14.3 Å². The smallest absolute Gasteiger partial charge is 0.282 e. The highest BCUT2D eigenvalue weighted by Gasteiger charge is 2.41. The summed E-state index contributed by atoms with van der Waals surface area (Å²) in [5, 5.41) is 3.66. The van der Waals surface area contributed by atoms with Crippen LogP contribution >= 0.6 is 11.6 Å². The van der Waals surface area contributed by atoms with Gasteiger partial charge in [-0.1, -0.05) is 54.1 Å². The lowest BCUT2D eigenvalue weighted by Crippen LogP contribution is -2.33. The lowest BCUT2D eigenvalue weighted by Gasteiger charge is -2.18. The highest BCUT2D eigenvalue weighted by Crippen LogP contribution is 2.38. The van der Waals surface area contributed by atoms with Crippen LogP contribution < -0.4 is 15.0 Å². The third-order valence-electron chi connectivity index (χ3n) is 5.24. The number of nitrogens with one attached hydrogen (secondary N) is 1. The van der Waals surface area contributed by atoms with Crippen LogP contribution in [0.5, 0.6) is 5.75 Å². The molecular weight excluding hydrogens is 412 g/mol. The molecule has 156 valence electrons. The summed E-state index contributed by atoms with van der Waals surface area (Å²) < 4.78 is 5.45. The highest BCUT2D eigenvalue weighted by molar-refractivity contribution is 6.46. The number of benzene rings is 3. The summed E-state index contributed by atoms with van der Waals surface area (Å²) in [6, 6.07) is 19.9. The molecule has 0 bridgehead atoms. The van der Waals surface area contributed by atoms with E-state index in [0.717, 1.165) is 5.56 Å². The number of imide groups is 1. The molecule has 4 rings (SSSR count). The Balaban J connectivity index is 1.87. The second-order valence-electron chi connectivity index (χ2n) is 7.27. The van der Waals surface area contributed by atoms with Crippen molar-refractivity contribution in [3.63, 3.8) is 0 Å². The third kappa shape index (κ3) is 3.68. The molecule has 0 radical (unpaired) electrons. The van der Waals surface area contributed by atoms with Crippen molar-refractivity contribution in [3.05, 3.63) is 94.1 Å². The maximum Gasteiger partial charge on any atom is 0.282 e.